The number of nitrogens with zero attached hydrogens (tertiary/aromatic N) is 5. The molecule has 0 unspecified atom stereocenters. The topological polar surface area (TPSA) is 127 Å². The van der Waals surface area contributed by atoms with Gasteiger partial charge in [0.1, 0.15) is 0 Å². The first-order chi connectivity index (χ1) is 13.8. The Hall–Kier alpha value is -3.05. The predicted molar refractivity (Wildman–Crippen MR) is 105 cm³/mol. The van der Waals surface area contributed by atoms with Crippen molar-refractivity contribution >= 4 is 27.5 Å². The highest BCUT2D eigenvalue weighted by molar-refractivity contribution is 7.92. The molecule has 11 heteroatoms. The molecule has 0 aliphatic heterocycles. The third kappa shape index (κ3) is 4.05. The molecule has 0 spiro atoms. The van der Waals surface area contributed by atoms with E-state index in [0.717, 1.165) is 4.31 Å². The zero-order valence-corrected chi connectivity index (χ0v) is 17.0. The van der Waals surface area contributed by atoms with E-state index >= 15 is 0 Å². The Balaban J connectivity index is 2.16. The van der Waals surface area contributed by atoms with Crippen molar-refractivity contribution in [1.29, 1.82) is 0 Å². The second kappa shape index (κ2) is 8.13. The van der Waals surface area contributed by atoms with Crippen molar-refractivity contribution in [1.82, 2.24) is 19.6 Å². The molecule has 0 aliphatic carbocycles. The second-order valence-electron chi connectivity index (χ2n) is 6.26. The van der Waals surface area contributed by atoms with Crippen molar-refractivity contribution in [2.75, 3.05) is 24.1 Å². The predicted octanol–water partition coefficient (Wildman–Crippen LogP) is 1.67. The maximum absolute atomic E-state index is 13.4. The zero-order valence-electron chi connectivity index (χ0n) is 16.2. The maximum atomic E-state index is 13.4. The first kappa shape index (κ1) is 20.7. The average Bonchev–Trinajstić information content (AvgIpc) is 3.09. The van der Waals surface area contributed by atoms with Crippen molar-refractivity contribution in [3.8, 4) is 0 Å². The van der Waals surface area contributed by atoms with Gasteiger partial charge in [0, 0.05) is 18.5 Å². The van der Waals surface area contributed by atoms with Gasteiger partial charge in [0.25, 0.3) is 10.9 Å². The van der Waals surface area contributed by atoms with Crippen molar-refractivity contribution in [3.05, 3.63) is 47.3 Å². The highest BCUT2D eigenvalue weighted by Crippen LogP contribution is 2.29. The maximum Gasteiger partial charge on any atom is 0.337 e. The van der Waals surface area contributed by atoms with Gasteiger partial charge >= 0.3 is 16.0 Å². The van der Waals surface area contributed by atoms with Gasteiger partial charge in [0.15, 0.2) is 0 Å². The minimum Gasteiger partial charge on any atom is -0.478 e. The van der Waals surface area contributed by atoms with Crippen LogP contribution < -0.4 is 4.31 Å². The number of benzene rings is 1. The SMILES string of the molecule is CCOCCN(c1c(C)cccc1C(=O)O)S(=O)(=O)c1nc2nc(C)ccn2n1. The molecule has 0 saturated carbocycles. The molecule has 1 aromatic carbocycles. The molecule has 0 amide bonds. The molecule has 0 saturated heterocycles. The Kier molecular flexibility index (Phi) is 5.80. The van der Waals surface area contributed by atoms with Crippen LogP contribution in [-0.2, 0) is 14.8 Å². The number of sulfonamides is 1. The molecule has 2 aromatic heterocycles. The number of aromatic nitrogens is 4. The lowest BCUT2D eigenvalue weighted by atomic mass is 10.1. The minimum atomic E-state index is -4.28. The van der Waals surface area contributed by atoms with E-state index in [1.54, 1.807) is 45.2 Å². The summed E-state index contributed by atoms with van der Waals surface area (Å²) in [5.41, 5.74) is 1.07. The number of carbonyl (C=O) groups is 1. The van der Waals surface area contributed by atoms with Gasteiger partial charge in [-0.1, -0.05) is 12.1 Å². The number of aromatic carboxylic acids is 1. The van der Waals surface area contributed by atoms with Crippen LogP contribution in [0.5, 0.6) is 0 Å². The second-order valence-corrected chi connectivity index (χ2v) is 8.01. The van der Waals surface area contributed by atoms with Crippen molar-refractivity contribution in [3.63, 3.8) is 0 Å². The van der Waals surface area contributed by atoms with Crippen LogP contribution in [0.2, 0.25) is 0 Å². The van der Waals surface area contributed by atoms with Crippen LogP contribution in [0.15, 0.2) is 35.6 Å². The molecule has 0 fully saturated rings. The molecule has 1 N–H and O–H groups in total. The molecule has 29 heavy (non-hydrogen) atoms. The summed E-state index contributed by atoms with van der Waals surface area (Å²) < 4.78 is 34.4. The molecule has 10 nitrogen and oxygen atoms in total. The van der Waals surface area contributed by atoms with E-state index in [4.69, 9.17) is 4.74 Å². The van der Waals surface area contributed by atoms with Crippen LogP contribution in [0.3, 0.4) is 0 Å². The van der Waals surface area contributed by atoms with E-state index in [1.807, 2.05) is 0 Å². The lowest BCUT2D eigenvalue weighted by molar-refractivity contribution is 0.0697. The van der Waals surface area contributed by atoms with Gasteiger partial charge in [-0.05, 0) is 38.5 Å². The van der Waals surface area contributed by atoms with Gasteiger partial charge in [-0.25, -0.2) is 14.3 Å². The fourth-order valence-electron chi connectivity index (χ4n) is 2.86. The van der Waals surface area contributed by atoms with Gasteiger partial charge in [-0.2, -0.15) is 13.4 Å². The van der Waals surface area contributed by atoms with E-state index in [0.29, 0.717) is 17.9 Å². The first-order valence-corrected chi connectivity index (χ1v) is 10.3. The van der Waals surface area contributed by atoms with Crippen molar-refractivity contribution < 1.29 is 23.1 Å². The van der Waals surface area contributed by atoms with Gasteiger partial charge in [-0.15, -0.1) is 5.10 Å². The number of carboxylic acid groups (broad SMARTS) is 1. The van der Waals surface area contributed by atoms with E-state index in [1.165, 1.54) is 10.6 Å². The third-order valence-corrected chi connectivity index (χ3v) is 5.79. The number of hydrogen-bond acceptors (Lipinski definition) is 7. The summed E-state index contributed by atoms with van der Waals surface area (Å²) in [7, 11) is -4.28. The van der Waals surface area contributed by atoms with Crippen molar-refractivity contribution in [2.24, 2.45) is 0 Å². The van der Waals surface area contributed by atoms with E-state index in [9.17, 15) is 18.3 Å². The van der Waals surface area contributed by atoms with Crippen LogP contribution in [0, 0.1) is 13.8 Å². The van der Waals surface area contributed by atoms with Crippen molar-refractivity contribution in [2.45, 2.75) is 25.9 Å². The van der Waals surface area contributed by atoms with Gasteiger partial charge < -0.3 is 9.84 Å². The van der Waals surface area contributed by atoms with Gasteiger partial charge in [0.2, 0.25) is 0 Å². The zero-order chi connectivity index (χ0) is 21.2. The average molecular weight is 419 g/mol. The molecule has 154 valence electrons. The molecular formula is C18H21N5O5S. The van der Waals surface area contributed by atoms with Crippen LogP contribution in [0.1, 0.15) is 28.5 Å². The highest BCUT2D eigenvalue weighted by Gasteiger charge is 2.33. The number of anilines is 1. The number of aryl methyl sites for hydroxylation is 2. The molecule has 0 aliphatic rings. The van der Waals surface area contributed by atoms with E-state index in [-0.39, 0.29) is 30.2 Å². The third-order valence-electron chi connectivity index (χ3n) is 4.21. The summed E-state index contributed by atoms with van der Waals surface area (Å²) in [5, 5.41) is 13.2. The normalized spacial score (nSPS) is 11.7. The number of ether oxygens (including phenoxy) is 1. The Morgan fingerprint density at radius 2 is 2.00 bits per heavy atom. The summed E-state index contributed by atoms with van der Waals surface area (Å²) in [6.45, 7) is 5.56. The smallest absolute Gasteiger partial charge is 0.337 e. The standard InChI is InChI=1S/C18H21N5O5S/c1-4-28-11-10-23(15-12(2)6-5-7-14(15)16(24)25)29(26,27)18-20-17-19-13(3)8-9-22(17)21-18/h5-9H,4,10-11H2,1-3H3,(H,24,25). The summed E-state index contributed by atoms with van der Waals surface area (Å²) in [5.74, 6) is -1.10. The molecular weight excluding hydrogens is 398 g/mol. The Morgan fingerprint density at radius 3 is 2.69 bits per heavy atom. The largest absolute Gasteiger partial charge is 0.478 e. The number of hydrogen-bond donors (Lipinski definition) is 1. The van der Waals surface area contributed by atoms with Gasteiger partial charge in [0.05, 0.1) is 24.4 Å². The van der Waals surface area contributed by atoms with Gasteiger partial charge in [-0.3, -0.25) is 4.31 Å². The summed E-state index contributed by atoms with van der Waals surface area (Å²) in [6, 6.07) is 6.24. The monoisotopic (exact) mass is 419 g/mol. The quantitative estimate of drug-likeness (QED) is 0.546. The Morgan fingerprint density at radius 1 is 1.24 bits per heavy atom. The summed E-state index contributed by atoms with van der Waals surface area (Å²) >= 11 is 0. The Labute approximate surface area is 167 Å². The number of fused-ring (bicyclic) bond motifs is 1. The van der Waals surface area contributed by atoms with Crippen LogP contribution in [0.25, 0.3) is 5.78 Å². The lowest BCUT2D eigenvalue weighted by Crippen LogP contribution is -2.36. The number of rotatable bonds is 8. The minimum absolute atomic E-state index is 0.0581. The van der Waals surface area contributed by atoms with E-state index < -0.39 is 21.1 Å². The molecule has 3 aromatic rings. The fraction of sp³-hybridized carbons (Fsp3) is 0.333. The molecule has 0 radical (unpaired) electrons. The molecule has 0 atom stereocenters. The van der Waals surface area contributed by atoms with Crippen LogP contribution >= 0.6 is 0 Å². The lowest BCUT2D eigenvalue weighted by Gasteiger charge is -2.25. The molecule has 3 rings (SSSR count). The van der Waals surface area contributed by atoms with E-state index in [2.05, 4.69) is 15.1 Å². The van der Waals surface area contributed by atoms with Crippen LogP contribution in [0.4, 0.5) is 5.69 Å². The fourth-order valence-corrected chi connectivity index (χ4v) is 4.24. The molecule has 2 heterocycles. The Bertz CT molecular complexity index is 1160. The summed E-state index contributed by atoms with van der Waals surface area (Å²) in [4.78, 5) is 20.0. The summed E-state index contributed by atoms with van der Waals surface area (Å²) in [6.07, 6.45) is 1.56. The number of para-hydroxylation sites is 1. The first-order valence-electron chi connectivity index (χ1n) is 8.89. The van der Waals surface area contributed by atoms with Crippen LogP contribution in [-0.4, -0.2) is 58.8 Å². The number of carboxylic acids is 1. The highest BCUT2D eigenvalue weighted by atomic mass is 32.2. The molecule has 0 bridgehead atoms.